The molecule has 2 aromatic carbocycles. The minimum Gasteiger partial charge on any atom is -0.481 e. The largest absolute Gasteiger partial charge is 0.481 e. The monoisotopic (exact) mass is 745 g/mol. The summed E-state index contributed by atoms with van der Waals surface area (Å²) < 4.78 is 133. The predicted octanol–water partition coefficient (Wildman–Crippen LogP) is 10.4. The molecule has 1 aromatic heterocycles. The van der Waals surface area contributed by atoms with Gasteiger partial charge in [-0.2, -0.15) is 26.3 Å². The van der Waals surface area contributed by atoms with Crippen LogP contribution >= 0.6 is 0 Å². The van der Waals surface area contributed by atoms with Crippen LogP contribution in [-0.4, -0.2) is 21.4 Å². The van der Waals surface area contributed by atoms with E-state index in [1.54, 1.807) is 13.8 Å². The second-order valence-electron chi connectivity index (χ2n) is 14.2. The first-order valence-electron chi connectivity index (χ1n) is 16.9. The standard InChI is InChI=1S/C38H40F9NO4/c1-18(2)11-29(48-17-23(10-9-22-7-6-8-22)26(16-31(48)50)37(42,43)44)30(49)13-24(14-32(51)52)34-35(40)25(15-27(36(34)41)38(45,46)47)33-19(3)12-28(39)20(4)21(33)5/h12,15-18,22,24,29H,6-11,13-14H2,1-5H3,(H,51,52)/t24-,29-/m0/s1. The molecule has 0 spiro atoms. The molecule has 3 aromatic rings. The first kappa shape index (κ1) is 40.7. The molecule has 0 bridgehead atoms. The van der Waals surface area contributed by atoms with Crippen LogP contribution in [0.4, 0.5) is 39.5 Å². The Morgan fingerprint density at radius 1 is 0.885 bits per heavy atom. The maximum Gasteiger partial charge on any atom is 0.419 e. The lowest BCUT2D eigenvalue weighted by atomic mass is 9.81. The summed E-state index contributed by atoms with van der Waals surface area (Å²) in [7, 11) is 0. The number of aryl methyl sites for hydroxylation is 2. The van der Waals surface area contributed by atoms with Crippen molar-refractivity contribution in [3.05, 3.63) is 91.1 Å². The van der Waals surface area contributed by atoms with Gasteiger partial charge in [-0.1, -0.05) is 33.1 Å². The molecular formula is C38H40F9NO4. The summed E-state index contributed by atoms with van der Waals surface area (Å²) in [4.78, 5) is 39.3. The van der Waals surface area contributed by atoms with Gasteiger partial charge in [-0.25, -0.2) is 13.2 Å². The van der Waals surface area contributed by atoms with Gasteiger partial charge < -0.3 is 9.67 Å². The van der Waals surface area contributed by atoms with Crippen LogP contribution in [0.25, 0.3) is 11.1 Å². The molecule has 1 aliphatic carbocycles. The van der Waals surface area contributed by atoms with E-state index in [9.17, 15) is 50.2 Å². The maximum atomic E-state index is 16.6. The molecule has 2 atom stereocenters. The van der Waals surface area contributed by atoms with Gasteiger partial charge in [0.1, 0.15) is 17.5 Å². The normalized spacial score (nSPS) is 15.1. The first-order valence-corrected chi connectivity index (χ1v) is 16.9. The Balaban J connectivity index is 1.90. The number of ketones is 1. The number of carbonyl (C=O) groups is 2. The molecule has 5 nitrogen and oxygen atoms in total. The summed E-state index contributed by atoms with van der Waals surface area (Å²) in [5.74, 6) is -9.44. The van der Waals surface area contributed by atoms with E-state index in [-0.39, 0.29) is 58.6 Å². The van der Waals surface area contributed by atoms with Crippen molar-refractivity contribution in [1.29, 1.82) is 0 Å². The van der Waals surface area contributed by atoms with Gasteiger partial charge in [0.2, 0.25) is 0 Å². The number of Topliss-reactive ketones (excluding diaryl/α,β-unsaturated/α-hetero) is 1. The molecule has 1 saturated carbocycles. The highest BCUT2D eigenvalue weighted by atomic mass is 19.4. The molecule has 284 valence electrons. The highest BCUT2D eigenvalue weighted by Gasteiger charge is 2.41. The summed E-state index contributed by atoms with van der Waals surface area (Å²) in [6, 6.07) is 0.00709. The lowest BCUT2D eigenvalue weighted by molar-refractivity contribution is -0.140. The number of alkyl halides is 6. The Labute approximate surface area is 294 Å². The Morgan fingerprint density at radius 3 is 2.02 bits per heavy atom. The zero-order valence-corrected chi connectivity index (χ0v) is 29.3. The summed E-state index contributed by atoms with van der Waals surface area (Å²) in [6.07, 6.45) is -8.89. The van der Waals surface area contributed by atoms with Crippen molar-refractivity contribution in [2.24, 2.45) is 11.8 Å². The number of aliphatic carboxylic acids is 1. The summed E-state index contributed by atoms with van der Waals surface area (Å²) >= 11 is 0. The van der Waals surface area contributed by atoms with E-state index in [4.69, 9.17) is 0 Å². The molecule has 0 saturated heterocycles. The maximum absolute atomic E-state index is 16.6. The number of benzene rings is 2. The zero-order chi connectivity index (χ0) is 39.0. The second-order valence-corrected chi connectivity index (χ2v) is 14.2. The van der Waals surface area contributed by atoms with Crippen LogP contribution < -0.4 is 5.56 Å². The van der Waals surface area contributed by atoms with Crippen molar-refractivity contribution in [3.8, 4) is 11.1 Å². The van der Waals surface area contributed by atoms with Crippen molar-refractivity contribution in [3.63, 3.8) is 0 Å². The van der Waals surface area contributed by atoms with Crippen LogP contribution in [0.15, 0.2) is 29.2 Å². The smallest absolute Gasteiger partial charge is 0.419 e. The fourth-order valence-corrected chi connectivity index (χ4v) is 7.00. The van der Waals surface area contributed by atoms with Crippen molar-refractivity contribution >= 4 is 11.8 Å². The van der Waals surface area contributed by atoms with E-state index in [2.05, 4.69) is 0 Å². The van der Waals surface area contributed by atoms with Crippen LogP contribution in [0.1, 0.15) is 110 Å². The highest BCUT2D eigenvalue weighted by molar-refractivity contribution is 5.84. The zero-order valence-electron chi connectivity index (χ0n) is 29.3. The Kier molecular flexibility index (Phi) is 12.1. The number of carbonyl (C=O) groups excluding carboxylic acids is 1. The number of aromatic nitrogens is 1. The minimum atomic E-state index is -5.42. The van der Waals surface area contributed by atoms with Crippen molar-refractivity contribution < 1.29 is 54.2 Å². The number of rotatable bonds is 13. The number of nitrogens with zero attached hydrogens (tertiary/aromatic N) is 1. The Hall–Kier alpha value is -4.10. The Morgan fingerprint density at radius 2 is 1.50 bits per heavy atom. The van der Waals surface area contributed by atoms with Crippen molar-refractivity contribution in [2.75, 3.05) is 0 Å². The molecule has 1 N–H and O–H groups in total. The molecule has 1 fully saturated rings. The van der Waals surface area contributed by atoms with Crippen LogP contribution in [0, 0.1) is 50.1 Å². The van der Waals surface area contributed by atoms with Gasteiger partial charge in [0.15, 0.2) is 5.78 Å². The molecule has 0 unspecified atom stereocenters. The van der Waals surface area contributed by atoms with Crippen molar-refractivity contribution in [2.45, 2.75) is 110 Å². The molecule has 0 amide bonds. The average Bonchev–Trinajstić information content (AvgIpc) is 2.98. The van der Waals surface area contributed by atoms with Gasteiger partial charge in [-0.05, 0) is 91.8 Å². The number of hydrogen-bond acceptors (Lipinski definition) is 3. The van der Waals surface area contributed by atoms with Gasteiger partial charge in [0, 0.05) is 35.7 Å². The predicted molar refractivity (Wildman–Crippen MR) is 175 cm³/mol. The minimum absolute atomic E-state index is 0.00262. The summed E-state index contributed by atoms with van der Waals surface area (Å²) in [5.41, 5.74) is -6.88. The molecule has 52 heavy (non-hydrogen) atoms. The molecule has 4 rings (SSSR count). The SMILES string of the molecule is Cc1cc(F)c(C)c(C)c1-c1cc(C(F)(F)F)c(F)c([C@H](CC(=O)O)CC(=O)[C@H](CC(C)C)n2cc(CCC3CCC3)c(C(F)(F)F)cc2=O)c1F. The van der Waals surface area contributed by atoms with E-state index < -0.39 is 94.2 Å². The second kappa shape index (κ2) is 15.5. The van der Waals surface area contributed by atoms with Gasteiger partial charge >= 0.3 is 18.3 Å². The van der Waals surface area contributed by atoms with Gasteiger partial charge in [0.25, 0.3) is 5.56 Å². The molecule has 1 heterocycles. The number of halogens is 9. The average molecular weight is 746 g/mol. The Bertz CT molecular complexity index is 1910. The number of pyridine rings is 1. The van der Waals surface area contributed by atoms with E-state index in [1.807, 2.05) is 0 Å². The number of hydrogen-bond donors (Lipinski definition) is 1. The first-order chi connectivity index (χ1) is 24.0. The third-order valence-corrected chi connectivity index (χ3v) is 10.0. The third kappa shape index (κ3) is 8.74. The molecule has 0 radical (unpaired) electrons. The van der Waals surface area contributed by atoms with E-state index in [1.165, 1.54) is 20.8 Å². The summed E-state index contributed by atoms with van der Waals surface area (Å²) in [6.45, 7) is 7.21. The molecule has 0 aliphatic heterocycles. The van der Waals surface area contributed by atoms with Gasteiger partial charge in [-0.15, -0.1) is 0 Å². The third-order valence-electron chi connectivity index (χ3n) is 10.0. The quantitative estimate of drug-likeness (QED) is 0.177. The number of carboxylic acids is 1. The fraction of sp³-hybridized carbons (Fsp3) is 0.500. The molecule has 1 aliphatic rings. The van der Waals surface area contributed by atoms with Crippen LogP contribution in [0.5, 0.6) is 0 Å². The highest BCUT2D eigenvalue weighted by Crippen LogP contribution is 2.44. The topological polar surface area (TPSA) is 76.4 Å². The van der Waals surface area contributed by atoms with Crippen LogP contribution in [0.3, 0.4) is 0 Å². The summed E-state index contributed by atoms with van der Waals surface area (Å²) in [5, 5.41) is 9.75. The molecular weight excluding hydrogens is 705 g/mol. The van der Waals surface area contributed by atoms with E-state index in [0.29, 0.717) is 12.5 Å². The molecule has 14 heteroatoms. The van der Waals surface area contributed by atoms with E-state index >= 15 is 8.78 Å². The number of carboxylic acid groups (broad SMARTS) is 1. The van der Waals surface area contributed by atoms with Crippen molar-refractivity contribution in [1.82, 2.24) is 4.57 Å². The fourth-order valence-electron chi connectivity index (χ4n) is 7.00. The lowest BCUT2D eigenvalue weighted by Gasteiger charge is -2.27. The van der Waals surface area contributed by atoms with Crippen LogP contribution in [-0.2, 0) is 28.4 Å². The van der Waals surface area contributed by atoms with Gasteiger partial charge in [-0.3, -0.25) is 14.4 Å². The lowest BCUT2D eigenvalue weighted by Crippen LogP contribution is -2.33. The van der Waals surface area contributed by atoms with E-state index in [0.717, 1.165) is 36.1 Å². The van der Waals surface area contributed by atoms with Crippen LogP contribution in [0.2, 0.25) is 0 Å². The van der Waals surface area contributed by atoms with Gasteiger partial charge in [0.05, 0.1) is 23.6 Å².